The van der Waals surface area contributed by atoms with Crippen molar-refractivity contribution in [3.63, 3.8) is 0 Å². The van der Waals surface area contributed by atoms with E-state index in [0.717, 1.165) is 6.54 Å². The molecule has 1 aromatic heterocycles. The Morgan fingerprint density at radius 3 is 2.53 bits per heavy atom. The van der Waals surface area contributed by atoms with Crippen LogP contribution in [0.2, 0.25) is 0 Å². The van der Waals surface area contributed by atoms with Gasteiger partial charge >= 0.3 is 0 Å². The Balaban J connectivity index is 2.80. The molecule has 0 radical (unpaired) electrons. The molecule has 86 valence electrons. The number of hydrogen-bond donors (Lipinski definition) is 2. The topological polar surface area (TPSA) is 38.0 Å². The summed E-state index contributed by atoms with van der Waals surface area (Å²) in [7, 11) is 1.99. The molecule has 0 fully saturated rings. The van der Waals surface area contributed by atoms with Crippen molar-refractivity contribution < 1.29 is 0 Å². The molecule has 3 N–H and O–H groups in total. The predicted octanol–water partition coefficient (Wildman–Crippen LogP) is 2.55. The lowest BCUT2D eigenvalue weighted by Gasteiger charge is -2.27. The smallest absolute Gasteiger partial charge is 0.0435 e. The number of nitrogens with one attached hydrogen (secondary N) is 1. The molecule has 3 heteroatoms. The van der Waals surface area contributed by atoms with Crippen LogP contribution >= 0.6 is 11.3 Å². The van der Waals surface area contributed by atoms with Gasteiger partial charge in [-0.05, 0) is 49.4 Å². The first kappa shape index (κ1) is 12.7. The van der Waals surface area contributed by atoms with Crippen LogP contribution in [-0.4, -0.2) is 13.6 Å². The molecule has 0 aromatic carbocycles. The first-order chi connectivity index (χ1) is 7.07. The van der Waals surface area contributed by atoms with Gasteiger partial charge in [-0.15, -0.1) is 11.3 Å². The van der Waals surface area contributed by atoms with E-state index in [2.05, 4.69) is 37.5 Å². The maximum absolute atomic E-state index is 6.34. The van der Waals surface area contributed by atoms with E-state index < -0.39 is 0 Å². The standard InChI is InChI=1S/C12H22N2S/c1-8(2)10(7-14-4)11(13)12-9(3)5-6-15-12/h5-6,8,10-11,14H,7,13H2,1-4H3. The van der Waals surface area contributed by atoms with Crippen molar-refractivity contribution in [2.24, 2.45) is 17.6 Å². The summed E-state index contributed by atoms with van der Waals surface area (Å²) in [6.45, 7) is 7.61. The lowest BCUT2D eigenvalue weighted by Crippen LogP contribution is -2.33. The fourth-order valence-corrected chi connectivity index (χ4v) is 2.94. The Morgan fingerprint density at radius 2 is 2.13 bits per heavy atom. The minimum absolute atomic E-state index is 0.164. The van der Waals surface area contributed by atoms with Gasteiger partial charge in [0.25, 0.3) is 0 Å². The Bertz CT molecular complexity index is 294. The third-order valence-electron chi connectivity index (χ3n) is 2.96. The van der Waals surface area contributed by atoms with Gasteiger partial charge in [0.15, 0.2) is 0 Å². The fraction of sp³-hybridized carbons (Fsp3) is 0.667. The largest absolute Gasteiger partial charge is 0.323 e. The predicted molar refractivity (Wildman–Crippen MR) is 68.2 cm³/mol. The van der Waals surface area contributed by atoms with Crippen LogP contribution in [0.3, 0.4) is 0 Å². The molecule has 0 amide bonds. The molecule has 2 nitrogen and oxygen atoms in total. The Kier molecular flexibility index (Phi) is 4.77. The molecule has 15 heavy (non-hydrogen) atoms. The summed E-state index contributed by atoms with van der Waals surface area (Å²) in [5.74, 6) is 1.11. The van der Waals surface area contributed by atoms with E-state index >= 15 is 0 Å². The molecular weight excluding hydrogens is 204 g/mol. The Labute approximate surface area is 96.9 Å². The first-order valence-corrected chi connectivity index (χ1v) is 6.40. The van der Waals surface area contributed by atoms with E-state index in [0.29, 0.717) is 11.8 Å². The minimum Gasteiger partial charge on any atom is -0.323 e. The van der Waals surface area contributed by atoms with E-state index in [1.807, 2.05) is 7.05 Å². The van der Waals surface area contributed by atoms with Gasteiger partial charge in [-0.25, -0.2) is 0 Å². The average Bonchev–Trinajstić information content (AvgIpc) is 2.59. The molecule has 0 saturated carbocycles. The van der Waals surface area contributed by atoms with Gasteiger partial charge in [0.2, 0.25) is 0 Å². The highest BCUT2D eigenvalue weighted by Crippen LogP contribution is 2.31. The van der Waals surface area contributed by atoms with Crippen molar-refractivity contribution >= 4 is 11.3 Å². The monoisotopic (exact) mass is 226 g/mol. The molecule has 0 aliphatic carbocycles. The van der Waals surface area contributed by atoms with Crippen molar-refractivity contribution in [1.82, 2.24) is 5.32 Å². The van der Waals surface area contributed by atoms with E-state index in [1.165, 1.54) is 10.4 Å². The Hall–Kier alpha value is -0.380. The van der Waals surface area contributed by atoms with E-state index in [4.69, 9.17) is 5.73 Å². The zero-order valence-corrected chi connectivity index (χ0v) is 10.9. The van der Waals surface area contributed by atoms with Crippen molar-refractivity contribution in [2.45, 2.75) is 26.8 Å². The molecule has 0 bridgehead atoms. The summed E-state index contributed by atoms with van der Waals surface area (Å²) in [4.78, 5) is 1.34. The van der Waals surface area contributed by atoms with Gasteiger partial charge < -0.3 is 11.1 Å². The van der Waals surface area contributed by atoms with E-state index in [-0.39, 0.29) is 6.04 Å². The van der Waals surface area contributed by atoms with Gasteiger partial charge in [-0.1, -0.05) is 13.8 Å². The van der Waals surface area contributed by atoms with Crippen LogP contribution in [0.1, 0.15) is 30.3 Å². The van der Waals surface area contributed by atoms with Gasteiger partial charge in [0.1, 0.15) is 0 Å². The van der Waals surface area contributed by atoms with Crippen molar-refractivity contribution in [1.29, 1.82) is 0 Å². The van der Waals surface area contributed by atoms with E-state index in [1.54, 1.807) is 11.3 Å². The molecule has 0 aliphatic rings. The van der Waals surface area contributed by atoms with E-state index in [9.17, 15) is 0 Å². The molecule has 0 spiro atoms. The van der Waals surface area contributed by atoms with Crippen LogP contribution in [0, 0.1) is 18.8 Å². The molecule has 1 aromatic rings. The van der Waals surface area contributed by atoms with Gasteiger partial charge in [0.05, 0.1) is 0 Å². The highest BCUT2D eigenvalue weighted by Gasteiger charge is 2.23. The summed E-state index contributed by atoms with van der Waals surface area (Å²) >= 11 is 1.78. The zero-order chi connectivity index (χ0) is 11.4. The number of rotatable bonds is 5. The molecule has 2 unspecified atom stereocenters. The van der Waals surface area contributed by atoms with Crippen LogP contribution in [0.25, 0.3) is 0 Å². The summed E-state index contributed by atoms with van der Waals surface area (Å²) in [6.07, 6.45) is 0. The summed E-state index contributed by atoms with van der Waals surface area (Å²) < 4.78 is 0. The lowest BCUT2D eigenvalue weighted by atomic mass is 9.87. The molecular formula is C12H22N2S. The second-order valence-corrected chi connectivity index (χ2v) is 5.41. The summed E-state index contributed by atoms with van der Waals surface area (Å²) in [6, 6.07) is 2.31. The lowest BCUT2D eigenvalue weighted by molar-refractivity contribution is 0.316. The van der Waals surface area contributed by atoms with Crippen molar-refractivity contribution in [3.8, 4) is 0 Å². The summed E-state index contributed by atoms with van der Waals surface area (Å²) in [5.41, 5.74) is 7.67. The zero-order valence-electron chi connectivity index (χ0n) is 10.1. The third-order valence-corrected chi connectivity index (χ3v) is 4.08. The summed E-state index contributed by atoms with van der Waals surface area (Å²) in [5, 5.41) is 5.36. The maximum Gasteiger partial charge on any atom is 0.0435 e. The molecule has 0 saturated heterocycles. The number of thiophene rings is 1. The molecule has 0 aliphatic heterocycles. The van der Waals surface area contributed by atoms with Crippen LogP contribution in [0.15, 0.2) is 11.4 Å². The average molecular weight is 226 g/mol. The van der Waals surface area contributed by atoms with Gasteiger partial charge in [-0.3, -0.25) is 0 Å². The Morgan fingerprint density at radius 1 is 1.47 bits per heavy atom. The van der Waals surface area contributed by atoms with Gasteiger partial charge in [0, 0.05) is 10.9 Å². The normalized spacial score (nSPS) is 15.6. The van der Waals surface area contributed by atoms with Crippen LogP contribution in [0.4, 0.5) is 0 Å². The van der Waals surface area contributed by atoms with Crippen LogP contribution < -0.4 is 11.1 Å². The molecule has 1 heterocycles. The van der Waals surface area contributed by atoms with Crippen molar-refractivity contribution in [2.75, 3.05) is 13.6 Å². The van der Waals surface area contributed by atoms with Crippen LogP contribution in [-0.2, 0) is 0 Å². The quantitative estimate of drug-likeness (QED) is 0.810. The second kappa shape index (κ2) is 5.64. The highest BCUT2D eigenvalue weighted by atomic mass is 32.1. The SMILES string of the molecule is CNCC(C(C)C)C(N)c1sccc1C. The van der Waals surface area contributed by atoms with Gasteiger partial charge in [-0.2, -0.15) is 0 Å². The molecule has 2 atom stereocenters. The fourth-order valence-electron chi connectivity index (χ4n) is 1.93. The number of hydrogen-bond acceptors (Lipinski definition) is 3. The first-order valence-electron chi connectivity index (χ1n) is 5.52. The number of nitrogens with two attached hydrogens (primary N) is 1. The highest BCUT2D eigenvalue weighted by molar-refractivity contribution is 7.10. The van der Waals surface area contributed by atoms with Crippen LogP contribution in [0.5, 0.6) is 0 Å². The number of aryl methyl sites for hydroxylation is 1. The maximum atomic E-state index is 6.34. The third kappa shape index (κ3) is 3.03. The second-order valence-electron chi connectivity index (χ2n) is 4.46. The van der Waals surface area contributed by atoms with Crippen molar-refractivity contribution in [3.05, 3.63) is 21.9 Å². The molecule has 1 rings (SSSR count). The minimum atomic E-state index is 0.164.